The largest absolute Gasteiger partial charge is 0.299 e. The minimum atomic E-state index is -0.311. The lowest BCUT2D eigenvalue weighted by molar-refractivity contribution is 0.622. The number of aromatic nitrogens is 6. The number of halogens is 1. The van der Waals surface area contributed by atoms with E-state index in [9.17, 15) is 9.18 Å². The van der Waals surface area contributed by atoms with Gasteiger partial charge in [-0.2, -0.15) is 9.61 Å². The normalized spacial score (nSPS) is 14.1. The van der Waals surface area contributed by atoms with Gasteiger partial charge in [-0.25, -0.2) is 9.37 Å². The Labute approximate surface area is 167 Å². The molecular formula is C18H15FN6OS2. The monoisotopic (exact) mass is 414 g/mol. The first-order valence-electron chi connectivity index (χ1n) is 8.79. The average molecular weight is 414 g/mol. The summed E-state index contributed by atoms with van der Waals surface area (Å²) in [6.07, 6.45) is 2.05. The highest BCUT2D eigenvalue weighted by atomic mass is 32.2. The first-order chi connectivity index (χ1) is 13.6. The summed E-state index contributed by atoms with van der Waals surface area (Å²) in [6, 6.07) is 8.38. The van der Waals surface area contributed by atoms with Gasteiger partial charge in [0, 0.05) is 17.9 Å². The summed E-state index contributed by atoms with van der Waals surface area (Å²) in [7, 11) is 0. The summed E-state index contributed by atoms with van der Waals surface area (Å²) in [5.74, 6) is 0.712. The molecule has 1 aromatic carbocycles. The van der Waals surface area contributed by atoms with E-state index < -0.39 is 0 Å². The molecule has 5 rings (SSSR count). The van der Waals surface area contributed by atoms with Crippen LogP contribution in [0.3, 0.4) is 0 Å². The van der Waals surface area contributed by atoms with Crippen LogP contribution in [0.15, 0.2) is 40.3 Å². The van der Waals surface area contributed by atoms with Gasteiger partial charge in [-0.1, -0.05) is 35.2 Å². The zero-order valence-electron chi connectivity index (χ0n) is 14.9. The fourth-order valence-corrected chi connectivity index (χ4v) is 4.69. The van der Waals surface area contributed by atoms with Crippen molar-refractivity contribution in [2.45, 2.75) is 36.7 Å². The lowest BCUT2D eigenvalue weighted by Gasteiger charge is -2.09. The van der Waals surface area contributed by atoms with Crippen LogP contribution < -0.4 is 5.56 Å². The lowest BCUT2D eigenvalue weighted by Crippen LogP contribution is -2.15. The third-order valence-corrected chi connectivity index (χ3v) is 6.24. The van der Waals surface area contributed by atoms with Gasteiger partial charge in [0.2, 0.25) is 4.96 Å². The Bertz CT molecular complexity index is 1240. The summed E-state index contributed by atoms with van der Waals surface area (Å²) in [5, 5.41) is 14.2. The van der Waals surface area contributed by atoms with E-state index in [1.807, 2.05) is 11.5 Å². The van der Waals surface area contributed by atoms with Gasteiger partial charge >= 0.3 is 0 Å². The Morgan fingerprint density at radius 2 is 2.11 bits per heavy atom. The van der Waals surface area contributed by atoms with E-state index in [-0.39, 0.29) is 17.4 Å². The van der Waals surface area contributed by atoms with E-state index >= 15 is 0 Å². The molecule has 0 N–H and O–H groups in total. The van der Waals surface area contributed by atoms with Crippen LogP contribution in [0.2, 0.25) is 0 Å². The van der Waals surface area contributed by atoms with E-state index in [1.54, 1.807) is 18.2 Å². The van der Waals surface area contributed by atoms with Crippen LogP contribution in [-0.2, 0) is 5.75 Å². The van der Waals surface area contributed by atoms with Crippen LogP contribution in [-0.4, -0.2) is 29.4 Å². The first kappa shape index (κ1) is 17.5. The number of rotatable bonds is 5. The molecule has 142 valence electrons. The minimum Gasteiger partial charge on any atom is -0.299 e. The van der Waals surface area contributed by atoms with Gasteiger partial charge in [0.1, 0.15) is 10.8 Å². The van der Waals surface area contributed by atoms with Gasteiger partial charge in [-0.05, 0) is 31.9 Å². The van der Waals surface area contributed by atoms with Gasteiger partial charge < -0.3 is 0 Å². The van der Waals surface area contributed by atoms with Crippen LogP contribution in [0.25, 0.3) is 16.3 Å². The average Bonchev–Trinajstić information content (AvgIpc) is 3.31. The third-order valence-electron chi connectivity index (χ3n) is 4.44. The molecule has 0 saturated heterocycles. The second kappa shape index (κ2) is 6.78. The molecule has 1 fully saturated rings. The molecule has 10 heteroatoms. The SMILES string of the molecule is Cc1nn2c(=O)cc(CSc3nnc(-c4ccccc4F)n3C3CC3)nc2s1. The number of hydrogen-bond donors (Lipinski definition) is 0. The highest BCUT2D eigenvalue weighted by Gasteiger charge is 2.31. The zero-order valence-corrected chi connectivity index (χ0v) is 16.5. The van der Waals surface area contributed by atoms with Gasteiger partial charge in [-0.15, -0.1) is 10.2 Å². The predicted octanol–water partition coefficient (Wildman–Crippen LogP) is 3.48. The van der Waals surface area contributed by atoms with Crippen molar-refractivity contribution in [2.75, 3.05) is 0 Å². The molecule has 0 bridgehead atoms. The molecule has 3 aromatic heterocycles. The quantitative estimate of drug-likeness (QED) is 0.465. The van der Waals surface area contributed by atoms with Crippen molar-refractivity contribution in [3.63, 3.8) is 0 Å². The van der Waals surface area contributed by atoms with Crippen molar-refractivity contribution in [1.82, 2.24) is 29.4 Å². The second-order valence-corrected chi connectivity index (χ2v) is 8.68. The fourth-order valence-electron chi connectivity index (χ4n) is 3.03. The van der Waals surface area contributed by atoms with E-state index in [1.165, 1.54) is 39.7 Å². The highest BCUT2D eigenvalue weighted by molar-refractivity contribution is 7.98. The topological polar surface area (TPSA) is 78.0 Å². The molecule has 0 radical (unpaired) electrons. The lowest BCUT2D eigenvalue weighted by atomic mass is 10.2. The molecule has 0 amide bonds. The molecule has 7 nitrogen and oxygen atoms in total. The van der Waals surface area contributed by atoms with Crippen molar-refractivity contribution in [1.29, 1.82) is 0 Å². The van der Waals surface area contributed by atoms with Crippen LogP contribution in [0, 0.1) is 12.7 Å². The smallest absolute Gasteiger partial charge is 0.275 e. The Morgan fingerprint density at radius 3 is 2.89 bits per heavy atom. The van der Waals surface area contributed by atoms with E-state index in [2.05, 4.69) is 20.3 Å². The van der Waals surface area contributed by atoms with Crippen molar-refractivity contribution in [3.8, 4) is 11.4 Å². The predicted molar refractivity (Wildman–Crippen MR) is 105 cm³/mol. The van der Waals surface area contributed by atoms with E-state index in [4.69, 9.17) is 0 Å². The van der Waals surface area contributed by atoms with E-state index in [0.717, 1.165) is 17.8 Å². The van der Waals surface area contributed by atoms with E-state index in [0.29, 0.717) is 33.0 Å². The zero-order chi connectivity index (χ0) is 19.3. The van der Waals surface area contributed by atoms with Gasteiger partial charge in [0.15, 0.2) is 11.0 Å². The number of thioether (sulfide) groups is 1. The molecular weight excluding hydrogens is 399 g/mol. The van der Waals surface area contributed by atoms with Crippen molar-refractivity contribution < 1.29 is 4.39 Å². The molecule has 4 aromatic rings. The minimum absolute atomic E-state index is 0.194. The summed E-state index contributed by atoms with van der Waals surface area (Å²) in [4.78, 5) is 17.3. The molecule has 3 heterocycles. The summed E-state index contributed by atoms with van der Waals surface area (Å²) < 4.78 is 17.6. The Hall–Kier alpha value is -2.59. The Balaban J connectivity index is 1.46. The number of nitrogens with zero attached hydrogens (tertiary/aromatic N) is 6. The molecule has 0 aliphatic heterocycles. The van der Waals surface area contributed by atoms with Gasteiger partial charge in [0.25, 0.3) is 5.56 Å². The maximum absolute atomic E-state index is 14.3. The number of aryl methyl sites for hydroxylation is 1. The standard InChI is InChI=1S/C18H15FN6OS2/c1-10-23-25-15(26)8-11(20-17(25)28-10)9-27-18-22-21-16(24(18)12-6-7-12)13-4-2-3-5-14(13)19/h2-5,8,12H,6-7,9H2,1H3. The van der Waals surface area contributed by atoms with Crippen LogP contribution in [0.1, 0.15) is 29.6 Å². The summed E-state index contributed by atoms with van der Waals surface area (Å²) >= 11 is 2.83. The van der Waals surface area contributed by atoms with Crippen molar-refractivity contribution in [3.05, 3.63) is 57.2 Å². The van der Waals surface area contributed by atoms with Gasteiger partial charge in [-0.3, -0.25) is 9.36 Å². The van der Waals surface area contributed by atoms with Crippen molar-refractivity contribution >= 4 is 28.1 Å². The molecule has 28 heavy (non-hydrogen) atoms. The molecule has 1 aliphatic carbocycles. The number of fused-ring (bicyclic) bond motifs is 1. The molecule has 0 unspecified atom stereocenters. The maximum Gasteiger partial charge on any atom is 0.275 e. The fraction of sp³-hybridized carbons (Fsp3) is 0.278. The molecule has 0 atom stereocenters. The Kier molecular flexibility index (Phi) is 4.24. The number of hydrogen-bond acceptors (Lipinski definition) is 7. The maximum atomic E-state index is 14.3. The first-order valence-corrected chi connectivity index (χ1v) is 10.6. The van der Waals surface area contributed by atoms with Gasteiger partial charge in [0.05, 0.1) is 11.3 Å². The van der Waals surface area contributed by atoms with Crippen LogP contribution in [0.4, 0.5) is 4.39 Å². The highest BCUT2D eigenvalue weighted by Crippen LogP contribution is 2.41. The molecule has 1 saturated carbocycles. The van der Waals surface area contributed by atoms with Crippen molar-refractivity contribution in [2.24, 2.45) is 0 Å². The summed E-state index contributed by atoms with van der Waals surface area (Å²) in [5.41, 5.74) is 0.920. The number of benzene rings is 1. The Morgan fingerprint density at radius 1 is 1.29 bits per heavy atom. The third kappa shape index (κ3) is 3.12. The van der Waals surface area contributed by atoms with Crippen LogP contribution >= 0.6 is 23.1 Å². The van der Waals surface area contributed by atoms with Crippen LogP contribution in [0.5, 0.6) is 0 Å². The second-order valence-electron chi connectivity index (χ2n) is 6.58. The molecule has 0 spiro atoms. The summed E-state index contributed by atoms with van der Waals surface area (Å²) in [6.45, 7) is 1.84. The molecule has 1 aliphatic rings.